The SMILES string of the molecule is CCOC(=O)CCOC(=O)c1cc(C)c(C=O)[nH]1. The average Bonchev–Trinajstić information content (AvgIpc) is 2.71. The zero-order chi connectivity index (χ0) is 13.5. The predicted molar refractivity (Wildman–Crippen MR) is 62.4 cm³/mol. The highest BCUT2D eigenvalue weighted by atomic mass is 16.5. The van der Waals surface area contributed by atoms with Crippen LogP contribution in [-0.4, -0.2) is 36.4 Å². The summed E-state index contributed by atoms with van der Waals surface area (Å²) in [4.78, 5) is 35.8. The number of hydrogen-bond donors (Lipinski definition) is 1. The fourth-order valence-electron chi connectivity index (χ4n) is 1.34. The highest BCUT2D eigenvalue weighted by molar-refractivity contribution is 5.90. The van der Waals surface area contributed by atoms with Crippen LogP contribution in [0.3, 0.4) is 0 Å². The summed E-state index contributed by atoms with van der Waals surface area (Å²) in [5, 5.41) is 0. The van der Waals surface area contributed by atoms with Crippen LogP contribution >= 0.6 is 0 Å². The van der Waals surface area contributed by atoms with Gasteiger partial charge in [-0.15, -0.1) is 0 Å². The summed E-state index contributed by atoms with van der Waals surface area (Å²) in [5.41, 5.74) is 1.20. The van der Waals surface area contributed by atoms with Crippen molar-refractivity contribution in [3.8, 4) is 0 Å². The van der Waals surface area contributed by atoms with Gasteiger partial charge in [0.2, 0.25) is 0 Å². The van der Waals surface area contributed by atoms with E-state index in [2.05, 4.69) is 9.72 Å². The van der Waals surface area contributed by atoms with Crippen molar-refractivity contribution in [2.75, 3.05) is 13.2 Å². The van der Waals surface area contributed by atoms with Crippen molar-refractivity contribution in [3.63, 3.8) is 0 Å². The van der Waals surface area contributed by atoms with Crippen LogP contribution < -0.4 is 0 Å². The first-order valence-electron chi connectivity index (χ1n) is 5.56. The number of esters is 2. The minimum Gasteiger partial charge on any atom is -0.466 e. The fraction of sp³-hybridized carbons (Fsp3) is 0.417. The van der Waals surface area contributed by atoms with Crippen LogP contribution in [0.25, 0.3) is 0 Å². The maximum Gasteiger partial charge on any atom is 0.354 e. The molecule has 18 heavy (non-hydrogen) atoms. The smallest absolute Gasteiger partial charge is 0.354 e. The molecule has 1 aromatic heterocycles. The van der Waals surface area contributed by atoms with Crippen molar-refractivity contribution in [3.05, 3.63) is 23.0 Å². The number of carbonyl (C=O) groups is 3. The molecule has 0 aliphatic rings. The zero-order valence-electron chi connectivity index (χ0n) is 10.3. The van der Waals surface area contributed by atoms with Gasteiger partial charge in [0.05, 0.1) is 18.7 Å². The maximum atomic E-state index is 11.5. The van der Waals surface area contributed by atoms with Crippen molar-refractivity contribution in [1.29, 1.82) is 0 Å². The quantitative estimate of drug-likeness (QED) is 0.609. The molecule has 6 nitrogen and oxygen atoms in total. The van der Waals surface area contributed by atoms with Gasteiger partial charge in [0.1, 0.15) is 12.3 Å². The molecule has 0 aliphatic heterocycles. The molecular formula is C12H15NO5. The molecule has 0 aromatic carbocycles. The normalized spacial score (nSPS) is 9.89. The van der Waals surface area contributed by atoms with Gasteiger partial charge in [0, 0.05) is 0 Å². The van der Waals surface area contributed by atoms with Crippen LogP contribution in [0, 0.1) is 6.92 Å². The topological polar surface area (TPSA) is 85.5 Å². The van der Waals surface area contributed by atoms with Gasteiger partial charge in [-0.2, -0.15) is 0 Å². The summed E-state index contributed by atoms with van der Waals surface area (Å²) in [5.74, 6) is -1.02. The van der Waals surface area contributed by atoms with E-state index in [1.165, 1.54) is 6.07 Å². The number of aromatic amines is 1. The molecule has 0 saturated heterocycles. The van der Waals surface area contributed by atoms with Gasteiger partial charge in [-0.25, -0.2) is 4.79 Å². The van der Waals surface area contributed by atoms with E-state index >= 15 is 0 Å². The molecule has 1 rings (SSSR count). The number of H-pyrrole nitrogens is 1. The van der Waals surface area contributed by atoms with Crippen molar-refractivity contribution in [2.45, 2.75) is 20.3 Å². The minimum absolute atomic E-state index is 0.0137. The zero-order valence-corrected chi connectivity index (χ0v) is 10.3. The second-order valence-corrected chi connectivity index (χ2v) is 3.59. The molecule has 0 saturated carbocycles. The van der Waals surface area contributed by atoms with Crippen molar-refractivity contribution in [1.82, 2.24) is 4.98 Å². The molecular weight excluding hydrogens is 238 g/mol. The molecule has 0 atom stereocenters. The fourth-order valence-corrected chi connectivity index (χ4v) is 1.34. The van der Waals surface area contributed by atoms with Crippen LogP contribution in [0.15, 0.2) is 6.07 Å². The van der Waals surface area contributed by atoms with Crippen molar-refractivity contribution >= 4 is 18.2 Å². The maximum absolute atomic E-state index is 11.5. The second-order valence-electron chi connectivity index (χ2n) is 3.59. The first-order chi connectivity index (χ1) is 8.58. The lowest BCUT2D eigenvalue weighted by Crippen LogP contribution is -2.12. The molecule has 1 aromatic rings. The molecule has 0 aliphatic carbocycles. The minimum atomic E-state index is -0.601. The molecule has 0 fully saturated rings. The molecule has 1 heterocycles. The molecule has 0 spiro atoms. The van der Waals surface area contributed by atoms with E-state index in [4.69, 9.17) is 4.74 Å². The molecule has 0 radical (unpaired) electrons. The molecule has 0 amide bonds. The van der Waals surface area contributed by atoms with Crippen molar-refractivity contribution in [2.24, 2.45) is 0 Å². The molecule has 0 unspecified atom stereocenters. The average molecular weight is 253 g/mol. The van der Waals surface area contributed by atoms with Gasteiger partial charge in [-0.1, -0.05) is 0 Å². The third-order valence-corrected chi connectivity index (χ3v) is 2.24. The van der Waals surface area contributed by atoms with Crippen LogP contribution in [0.4, 0.5) is 0 Å². The lowest BCUT2D eigenvalue weighted by molar-refractivity contribution is -0.143. The van der Waals surface area contributed by atoms with Crippen LogP contribution in [0.1, 0.15) is 39.9 Å². The van der Waals surface area contributed by atoms with E-state index in [1.807, 2.05) is 0 Å². The number of aromatic nitrogens is 1. The number of aldehydes is 1. The Morgan fingerprint density at radius 3 is 2.67 bits per heavy atom. The Morgan fingerprint density at radius 2 is 2.11 bits per heavy atom. The van der Waals surface area contributed by atoms with Crippen LogP contribution in [0.5, 0.6) is 0 Å². The van der Waals surface area contributed by atoms with Gasteiger partial charge in [0.15, 0.2) is 6.29 Å². The largest absolute Gasteiger partial charge is 0.466 e. The number of hydrogen-bond acceptors (Lipinski definition) is 5. The summed E-state index contributed by atoms with van der Waals surface area (Å²) in [6.07, 6.45) is 0.643. The standard InChI is InChI=1S/C12H15NO5/c1-3-17-11(15)4-5-18-12(16)9-6-8(2)10(7-14)13-9/h6-7,13H,3-5H2,1-2H3. The highest BCUT2D eigenvalue weighted by Crippen LogP contribution is 2.09. The van der Waals surface area contributed by atoms with E-state index in [9.17, 15) is 14.4 Å². The number of rotatable bonds is 6. The van der Waals surface area contributed by atoms with Crippen LogP contribution in [-0.2, 0) is 14.3 Å². The molecule has 6 heteroatoms. The Kier molecular flexibility index (Phi) is 5.10. The second kappa shape index (κ2) is 6.58. The van der Waals surface area contributed by atoms with E-state index in [-0.39, 0.29) is 18.7 Å². The summed E-state index contributed by atoms with van der Waals surface area (Å²) in [7, 11) is 0. The third-order valence-electron chi connectivity index (χ3n) is 2.24. The van der Waals surface area contributed by atoms with E-state index < -0.39 is 11.9 Å². The Balaban J connectivity index is 2.45. The first-order valence-corrected chi connectivity index (χ1v) is 5.56. The lowest BCUT2D eigenvalue weighted by Gasteiger charge is -2.03. The molecule has 98 valence electrons. The summed E-state index contributed by atoms with van der Waals surface area (Å²) in [6.45, 7) is 3.65. The number of ether oxygens (including phenoxy) is 2. The first kappa shape index (κ1) is 14.0. The lowest BCUT2D eigenvalue weighted by atomic mass is 10.3. The monoisotopic (exact) mass is 253 g/mol. The molecule has 1 N–H and O–H groups in total. The Hall–Kier alpha value is -2.11. The van der Waals surface area contributed by atoms with Crippen molar-refractivity contribution < 1.29 is 23.9 Å². The van der Waals surface area contributed by atoms with Crippen LogP contribution in [0.2, 0.25) is 0 Å². The summed E-state index contributed by atoms with van der Waals surface area (Å²) < 4.78 is 9.56. The van der Waals surface area contributed by atoms with Gasteiger partial charge in [0.25, 0.3) is 0 Å². The van der Waals surface area contributed by atoms with E-state index in [0.29, 0.717) is 24.2 Å². The van der Waals surface area contributed by atoms with E-state index in [1.54, 1.807) is 13.8 Å². The molecule has 0 bridgehead atoms. The van der Waals surface area contributed by atoms with Gasteiger partial charge < -0.3 is 14.5 Å². The third kappa shape index (κ3) is 3.73. The predicted octanol–water partition coefficient (Wildman–Crippen LogP) is 1.25. The number of nitrogens with one attached hydrogen (secondary N) is 1. The Morgan fingerprint density at radius 1 is 1.39 bits per heavy atom. The summed E-state index contributed by atoms with van der Waals surface area (Å²) >= 11 is 0. The summed E-state index contributed by atoms with van der Waals surface area (Å²) in [6, 6.07) is 1.52. The highest BCUT2D eigenvalue weighted by Gasteiger charge is 2.13. The van der Waals surface area contributed by atoms with Gasteiger partial charge in [-0.3, -0.25) is 9.59 Å². The number of carbonyl (C=O) groups excluding carboxylic acids is 3. The van der Waals surface area contributed by atoms with Gasteiger partial charge >= 0.3 is 11.9 Å². The Labute approximate surface area is 104 Å². The Bertz CT molecular complexity index is 449. The van der Waals surface area contributed by atoms with E-state index in [0.717, 1.165) is 0 Å². The number of aryl methyl sites for hydroxylation is 1. The van der Waals surface area contributed by atoms with Gasteiger partial charge in [-0.05, 0) is 25.5 Å².